The van der Waals surface area contributed by atoms with Gasteiger partial charge < -0.3 is 14.8 Å². The number of esters is 1. The summed E-state index contributed by atoms with van der Waals surface area (Å²) in [5.41, 5.74) is 4.66. The van der Waals surface area contributed by atoms with Crippen LogP contribution in [-0.2, 0) is 14.3 Å². The highest BCUT2D eigenvalue weighted by Crippen LogP contribution is 2.44. The van der Waals surface area contributed by atoms with Crippen LogP contribution in [0, 0.1) is 0 Å². The van der Waals surface area contributed by atoms with Gasteiger partial charge >= 0.3 is 12.1 Å². The Labute approximate surface area is 153 Å². The molecule has 1 atom stereocenters. The van der Waals surface area contributed by atoms with Gasteiger partial charge in [0.25, 0.3) is 0 Å². The van der Waals surface area contributed by atoms with E-state index in [4.69, 9.17) is 9.47 Å². The molecule has 0 aliphatic heterocycles. The Balaban J connectivity index is 1.70. The Hall–Kier alpha value is -2.82. The van der Waals surface area contributed by atoms with Crippen LogP contribution in [-0.4, -0.2) is 31.8 Å². The third kappa shape index (κ3) is 3.57. The standard InChI is InChI=1S/C21H23NO4/c1-3-8-19(20(23)25-2)22-21(24)26-13-18-16-11-6-4-9-14(16)15-10-5-7-12-17(15)18/h4-7,9-12,18-19H,3,8,13H2,1-2H3,(H,22,24)/t19-/m1/s1. The van der Waals surface area contributed by atoms with Crippen molar-refractivity contribution in [2.75, 3.05) is 13.7 Å². The molecule has 136 valence electrons. The number of fused-ring (bicyclic) bond motifs is 3. The number of amides is 1. The van der Waals surface area contributed by atoms with E-state index in [-0.39, 0.29) is 12.5 Å². The molecular formula is C21H23NO4. The largest absolute Gasteiger partial charge is 0.467 e. The maximum atomic E-state index is 12.2. The van der Waals surface area contributed by atoms with E-state index in [0.29, 0.717) is 6.42 Å². The summed E-state index contributed by atoms with van der Waals surface area (Å²) < 4.78 is 10.2. The topological polar surface area (TPSA) is 64.6 Å². The lowest BCUT2D eigenvalue weighted by Crippen LogP contribution is -2.42. The molecule has 0 aromatic heterocycles. The molecule has 0 spiro atoms. The average Bonchev–Trinajstić information content (AvgIpc) is 2.99. The van der Waals surface area contributed by atoms with Crippen LogP contribution in [0.5, 0.6) is 0 Å². The summed E-state index contributed by atoms with van der Waals surface area (Å²) in [5.74, 6) is -0.462. The Morgan fingerprint density at radius 3 is 2.15 bits per heavy atom. The van der Waals surface area contributed by atoms with Gasteiger partial charge in [-0.05, 0) is 28.7 Å². The molecule has 0 saturated carbocycles. The van der Waals surface area contributed by atoms with Crippen LogP contribution in [0.1, 0.15) is 36.8 Å². The summed E-state index contributed by atoms with van der Waals surface area (Å²) >= 11 is 0. The molecule has 1 aliphatic carbocycles. The van der Waals surface area contributed by atoms with Gasteiger partial charge in [-0.1, -0.05) is 61.9 Å². The summed E-state index contributed by atoms with van der Waals surface area (Å²) in [6.07, 6.45) is 0.663. The summed E-state index contributed by atoms with van der Waals surface area (Å²) in [6.45, 7) is 2.16. The molecule has 0 bridgehead atoms. The van der Waals surface area contributed by atoms with E-state index in [1.807, 2.05) is 31.2 Å². The summed E-state index contributed by atoms with van der Waals surface area (Å²) in [4.78, 5) is 23.9. The first kappa shape index (κ1) is 18.0. The Kier molecular flexibility index (Phi) is 5.56. The van der Waals surface area contributed by atoms with Crippen LogP contribution in [0.15, 0.2) is 48.5 Å². The number of carbonyl (C=O) groups excluding carboxylic acids is 2. The predicted molar refractivity (Wildman–Crippen MR) is 98.9 cm³/mol. The van der Waals surface area contributed by atoms with Crippen molar-refractivity contribution < 1.29 is 19.1 Å². The summed E-state index contributed by atoms with van der Waals surface area (Å²) in [6, 6.07) is 15.6. The lowest BCUT2D eigenvalue weighted by atomic mass is 9.98. The average molecular weight is 353 g/mol. The van der Waals surface area contributed by atoms with Gasteiger partial charge in [-0.3, -0.25) is 0 Å². The molecule has 3 rings (SSSR count). The maximum absolute atomic E-state index is 12.2. The van der Waals surface area contributed by atoms with Gasteiger partial charge in [0.1, 0.15) is 12.6 Å². The quantitative estimate of drug-likeness (QED) is 0.801. The van der Waals surface area contributed by atoms with Gasteiger partial charge in [-0.2, -0.15) is 0 Å². The van der Waals surface area contributed by atoms with Crippen molar-refractivity contribution in [3.8, 4) is 11.1 Å². The Morgan fingerprint density at radius 1 is 1.04 bits per heavy atom. The van der Waals surface area contributed by atoms with Gasteiger partial charge in [-0.15, -0.1) is 0 Å². The molecule has 2 aromatic rings. The number of hydrogen-bond acceptors (Lipinski definition) is 4. The minimum absolute atomic E-state index is 0.00379. The highest BCUT2D eigenvalue weighted by atomic mass is 16.6. The van der Waals surface area contributed by atoms with Crippen molar-refractivity contribution in [1.82, 2.24) is 5.32 Å². The molecule has 1 aliphatic rings. The van der Waals surface area contributed by atoms with Gasteiger partial charge in [0.2, 0.25) is 0 Å². The van der Waals surface area contributed by atoms with E-state index in [2.05, 4.69) is 29.6 Å². The second-order valence-electron chi connectivity index (χ2n) is 6.33. The number of nitrogens with one attached hydrogen (secondary N) is 1. The normalized spacial score (nSPS) is 13.5. The van der Waals surface area contributed by atoms with Crippen molar-refractivity contribution in [1.29, 1.82) is 0 Å². The third-order valence-corrected chi connectivity index (χ3v) is 4.70. The molecule has 5 nitrogen and oxygen atoms in total. The molecule has 5 heteroatoms. The first-order chi connectivity index (χ1) is 12.7. The van der Waals surface area contributed by atoms with E-state index >= 15 is 0 Å². The van der Waals surface area contributed by atoms with Gasteiger partial charge in [-0.25, -0.2) is 9.59 Å². The fourth-order valence-electron chi connectivity index (χ4n) is 3.46. The number of carbonyl (C=O) groups is 2. The van der Waals surface area contributed by atoms with Crippen LogP contribution in [0.25, 0.3) is 11.1 Å². The van der Waals surface area contributed by atoms with Crippen molar-refractivity contribution in [2.45, 2.75) is 31.7 Å². The molecule has 1 amide bonds. The molecule has 1 N–H and O–H groups in total. The molecule has 0 heterocycles. The van der Waals surface area contributed by atoms with Crippen molar-refractivity contribution in [3.63, 3.8) is 0 Å². The van der Waals surface area contributed by atoms with Crippen molar-refractivity contribution in [3.05, 3.63) is 59.7 Å². The number of rotatable bonds is 6. The second-order valence-corrected chi connectivity index (χ2v) is 6.33. The Bertz CT molecular complexity index is 757. The molecule has 0 radical (unpaired) electrons. The van der Waals surface area contributed by atoms with E-state index < -0.39 is 18.1 Å². The maximum Gasteiger partial charge on any atom is 0.407 e. The monoisotopic (exact) mass is 353 g/mol. The number of ether oxygens (including phenoxy) is 2. The van der Waals surface area contributed by atoms with E-state index in [0.717, 1.165) is 17.5 Å². The lowest BCUT2D eigenvalue weighted by Gasteiger charge is -2.18. The smallest absolute Gasteiger partial charge is 0.407 e. The van der Waals surface area contributed by atoms with Crippen LogP contribution < -0.4 is 5.32 Å². The SMILES string of the molecule is CCC[C@@H](NC(=O)OCC1c2ccccc2-c2ccccc21)C(=O)OC. The third-order valence-electron chi connectivity index (χ3n) is 4.70. The Morgan fingerprint density at radius 2 is 1.62 bits per heavy atom. The molecule has 0 unspecified atom stereocenters. The summed E-state index contributed by atoms with van der Waals surface area (Å²) in [5, 5.41) is 2.60. The minimum Gasteiger partial charge on any atom is -0.467 e. The highest BCUT2D eigenvalue weighted by Gasteiger charge is 2.29. The molecule has 26 heavy (non-hydrogen) atoms. The second kappa shape index (κ2) is 8.04. The molecule has 2 aromatic carbocycles. The molecule has 0 fully saturated rings. The summed E-state index contributed by atoms with van der Waals surface area (Å²) in [7, 11) is 1.31. The van der Waals surface area contributed by atoms with Gasteiger partial charge in [0, 0.05) is 5.92 Å². The first-order valence-corrected chi connectivity index (χ1v) is 8.85. The number of hydrogen-bond donors (Lipinski definition) is 1. The number of methoxy groups -OCH3 is 1. The van der Waals surface area contributed by atoms with E-state index in [1.165, 1.54) is 18.2 Å². The minimum atomic E-state index is -0.680. The zero-order valence-electron chi connectivity index (χ0n) is 15.0. The van der Waals surface area contributed by atoms with Gasteiger partial charge in [0.05, 0.1) is 7.11 Å². The molecule has 0 saturated heterocycles. The van der Waals surface area contributed by atoms with Crippen LogP contribution >= 0.6 is 0 Å². The zero-order chi connectivity index (χ0) is 18.5. The molecular weight excluding hydrogens is 330 g/mol. The lowest BCUT2D eigenvalue weighted by molar-refractivity contribution is -0.143. The number of alkyl carbamates (subject to hydrolysis) is 1. The van der Waals surface area contributed by atoms with Crippen LogP contribution in [0.2, 0.25) is 0 Å². The van der Waals surface area contributed by atoms with E-state index in [9.17, 15) is 9.59 Å². The fourth-order valence-corrected chi connectivity index (χ4v) is 3.46. The fraction of sp³-hybridized carbons (Fsp3) is 0.333. The van der Waals surface area contributed by atoms with Gasteiger partial charge in [0.15, 0.2) is 0 Å². The van der Waals surface area contributed by atoms with E-state index in [1.54, 1.807) is 0 Å². The van der Waals surface area contributed by atoms with Crippen molar-refractivity contribution in [2.24, 2.45) is 0 Å². The number of benzene rings is 2. The first-order valence-electron chi connectivity index (χ1n) is 8.85. The zero-order valence-corrected chi connectivity index (χ0v) is 15.0. The predicted octanol–water partition coefficient (Wildman–Crippen LogP) is 3.87. The van der Waals surface area contributed by atoms with Crippen LogP contribution in [0.3, 0.4) is 0 Å². The highest BCUT2D eigenvalue weighted by molar-refractivity contribution is 5.81. The van der Waals surface area contributed by atoms with Crippen LogP contribution in [0.4, 0.5) is 4.79 Å². The van der Waals surface area contributed by atoms with Crippen molar-refractivity contribution >= 4 is 12.1 Å².